The Morgan fingerprint density at radius 2 is 2.21 bits per heavy atom. The maximum atomic E-state index is 13.0. The van der Waals surface area contributed by atoms with E-state index in [1.807, 2.05) is 35.2 Å². The molecule has 0 unspecified atom stereocenters. The fourth-order valence-corrected chi connectivity index (χ4v) is 3.44. The second-order valence-electron chi connectivity index (χ2n) is 7.15. The van der Waals surface area contributed by atoms with Crippen LogP contribution in [0.3, 0.4) is 0 Å². The third-order valence-electron chi connectivity index (χ3n) is 4.84. The number of ether oxygens (including phenoxy) is 3. The summed E-state index contributed by atoms with van der Waals surface area (Å²) < 4.78 is 16.8. The highest BCUT2D eigenvalue weighted by atomic mass is 16.5. The molecule has 1 aromatic heterocycles. The summed E-state index contributed by atoms with van der Waals surface area (Å²) in [7, 11) is 1.69. The van der Waals surface area contributed by atoms with E-state index in [-0.39, 0.29) is 5.91 Å². The van der Waals surface area contributed by atoms with Crippen molar-refractivity contribution in [3.8, 4) is 5.75 Å². The first-order valence-electron chi connectivity index (χ1n) is 10.3. The normalized spacial score (nSPS) is 16.7. The first kappa shape index (κ1) is 21.5. The van der Waals surface area contributed by atoms with Crippen LogP contribution in [0.4, 0.5) is 0 Å². The second-order valence-corrected chi connectivity index (χ2v) is 7.15. The van der Waals surface area contributed by atoms with Gasteiger partial charge in [-0.05, 0) is 18.6 Å². The number of morpholine rings is 1. The number of fused-ring (bicyclic) bond motifs is 1. The number of carbonyl (C=O) groups excluding carboxylic acids is 1. The third kappa shape index (κ3) is 5.88. The van der Waals surface area contributed by atoms with Gasteiger partial charge in [-0.1, -0.05) is 19.1 Å². The van der Waals surface area contributed by atoms with Gasteiger partial charge in [-0.15, -0.1) is 0 Å². The van der Waals surface area contributed by atoms with E-state index in [2.05, 4.69) is 12.2 Å². The van der Waals surface area contributed by atoms with E-state index in [4.69, 9.17) is 19.2 Å². The summed E-state index contributed by atoms with van der Waals surface area (Å²) in [6, 6.07) is 9.87. The molecule has 2 aromatic rings. The van der Waals surface area contributed by atoms with Crippen molar-refractivity contribution in [2.75, 3.05) is 46.6 Å². The van der Waals surface area contributed by atoms with E-state index < -0.39 is 6.10 Å². The van der Waals surface area contributed by atoms with Crippen molar-refractivity contribution >= 4 is 16.8 Å². The van der Waals surface area contributed by atoms with Gasteiger partial charge >= 0.3 is 0 Å². The van der Waals surface area contributed by atoms with Crippen molar-refractivity contribution in [3.63, 3.8) is 0 Å². The van der Waals surface area contributed by atoms with Gasteiger partial charge in [-0.25, -0.2) is 0 Å². The van der Waals surface area contributed by atoms with Crippen molar-refractivity contribution in [2.24, 2.45) is 0 Å². The number of methoxy groups -OCH3 is 1. The van der Waals surface area contributed by atoms with Gasteiger partial charge in [0.15, 0.2) is 0 Å². The smallest absolute Gasteiger partial charge is 0.253 e. The van der Waals surface area contributed by atoms with E-state index in [1.54, 1.807) is 7.11 Å². The Kier molecular flexibility index (Phi) is 8.22. The molecule has 0 spiro atoms. The van der Waals surface area contributed by atoms with Crippen LogP contribution in [0, 0.1) is 0 Å². The third-order valence-corrected chi connectivity index (χ3v) is 4.84. The number of aromatic nitrogens is 1. The monoisotopic (exact) mass is 401 g/mol. The van der Waals surface area contributed by atoms with E-state index in [1.165, 1.54) is 0 Å². The summed E-state index contributed by atoms with van der Waals surface area (Å²) >= 11 is 0. The fourth-order valence-electron chi connectivity index (χ4n) is 3.44. The lowest BCUT2D eigenvalue weighted by molar-refractivity contribution is -0.146. The zero-order valence-electron chi connectivity index (χ0n) is 17.4. The molecule has 1 amide bonds. The highest BCUT2D eigenvalue weighted by molar-refractivity contribution is 5.85. The first-order chi connectivity index (χ1) is 14.2. The van der Waals surface area contributed by atoms with Crippen molar-refractivity contribution < 1.29 is 19.0 Å². The zero-order valence-corrected chi connectivity index (χ0v) is 17.4. The minimum absolute atomic E-state index is 0.0107. The molecule has 7 heteroatoms. The molecule has 1 atom stereocenters. The summed E-state index contributed by atoms with van der Waals surface area (Å²) in [5.74, 6) is 0.803. The molecule has 1 saturated heterocycles. The molecule has 0 bridgehead atoms. The molecule has 0 saturated carbocycles. The number of nitrogens with one attached hydrogen (secondary N) is 1. The van der Waals surface area contributed by atoms with Gasteiger partial charge in [0.25, 0.3) is 5.91 Å². The zero-order chi connectivity index (χ0) is 20.5. The maximum absolute atomic E-state index is 13.0. The van der Waals surface area contributed by atoms with Crippen LogP contribution in [-0.2, 0) is 20.8 Å². The summed E-state index contributed by atoms with van der Waals surface area (Å²) in [5.41, 5.74) is 1.68. The van der Waals surface area contributed by atoms with Gasteiger partial charge < -0.3 is 24.4 Å². The molecule has 29 heavy (non-hydrogen) atoms. The number of carbonyl (C=O) groups is 1. The predicted molar refractivity (Wildman–Crippen MR) is 112 cm³/mol. The Bertz CT molecular complexity index is 793. The van der Waals surface area contributed by atoms with Gasteiger partial charge in [-0.3, -0.25) is 9.78 Å². The largest absolute Gasteiger partial charge is 0.493 e. The van der Waals surface area contributed by atoms with E-state index in [0.717, 1.165) is 41.7 Å². The Balaban J connectivity index is 1.79. The Morgan fingerprint density at radius 1 is 1.34 bits per heavy atom. The van der Waals surface area contributed by atoms with Gasteiger partial charge in [0, 0.05) is 51.2 Å². The van der Waals surface area contributed by atoms with E-state index in [0.29, 0.717) is 39.5 Å². The maximum Gasteiger partial charge on any atom is 0.253 e. The summed E-state index contributed by atoms with van der Waals surface area (Å²) in [5, 5.41) is 4.20. The molecule has 1 aromatic carbocycles. The summed E-state index contributed by atoms with van der Waals surface area (Å²) in [4.78, 5) is 19.6. The number of rotatable bonds is 10. The molecule has 7 nitrogen and oxygen atoms in total. The first-order valence-corrected chi connectivity index (χ1v) is 10.3. The molecule has 1 aliphatic heterocycles. The molecule has 1 N–H and O–H groups in total. The highest BCUT2D eigenvalue weighted by Crippen LogP contribution is 2.26. The summed E-state index contributed by atoms with van der Waals surface area (Å²) in [6.45, 7) is 6.29. The topological polar surface area (TPSA) is 72.9 Å². The van der Waals surface area contributed by atoms with Crippen molar-refractivity contribution in [2.45, 2.75) is 32.4 Å². The molecular formula is C22H31N3O4. The van der Waals surface area contributed by atoms with Crippen LogP contribution in [0.5, 0.6) is 5.75 Å². The van der Waals surface area contributed by atoms with Gasteiger partial charge in [-0.2, -0.15) is 0 Å². The second kappa shape index (κ2) is 11.1. The van der Waals surface area contributed by atoms with Crippen LogP contribution in [0.1, 0.15) is 25.5 Å². The van der Waals surface area contributed by atoms with Crippen molar-refractivity contribution in [3.05, 3.63) is 36.0 Å². The van der Waals surface area contributed by atoms with Crippen LogP contribution < -0.4 is 10.1 Å². The number of nitrogens with zero attached hydrogens (tertiary/aromatic N) is 2. The number of pyridine rings is 1. The Hall–Kier alpha value is -2.22. The van der Waals surface area contributed by atoms with Crippen LogP contribution in [-0.4, -0.2) is 68.5 Å². The average molecular weight is 402 g/mol. The SMILES string of the molecule is CCCN(Cc1cc(OCCCOC)c2ccccc2n1)C(=O)[C@H]1CNCCO1. The van der Waals surface area contributed by atoms with Crippen molar-refractivity contribution in [1.82, 2.24) is 15.2 Å². The molecule has 3 rings (SSSR count). The van der Waals surface area contributed by atoms with Crippen molar-refractivity contribution in [1.29, 1.82) is 0 Å². The lowest BCUT2D eigenvalue weighted by Crippen LogP contribution is -2.49. The van der Waals surface area contributed by atoms with Crippen LogP contribution in [0.15, 0.2) is 30.3 Å². The molecule has 1 fully saturated rings. The van der Waals surface area contributed by atoms with E-state index in [9.17, 15) is 4.79 Å². The summed E-state index contributed by atoms with van der Waals surface area (Å²) in [6.07, 6.45) is 1.26. The lowest BCUT2D eigenvalue weighted by Gasteiger charge is -2.29. The fraction of sp³-hybridized carbons (Fsp3) is 0.545. The van der Waals surface area contributed by atoms with Crippen LogP contribution >= 0.6 is 0 Å². The molecule has 2 heterocycles. The number of para-hydroxylation sites is 1. The van der Waals surface area contributed by atoms with E-state index >= 15 is 0 Å². The molecule has 158 valence electrons. The lowest BCUT2D eigenvalue weighted by atomic mass is 10.1. The minimum atomic E-state index is -0.430. The average Bonchev–Trinajstić information content (AvgIpc) is 2.76. The van der Waals surface area contributed by atoms with Gasteiger partial charge in [0.2, 0.25) is 0 Å². The molecule has 1 aliphatic rings. The Morgan fingerprint density at radius 3 is 2.97 bits per heavy atom. The standard InChI is InChI=1S/C22H31N3O4/c1-3-10-25(22(26)21-15-23-9-13-29-21)16-17-14-20(28-12-6-11-27-2)18-7-4-5-8-19(18)24-17/h4-5,7-8,14,21,23H,3,6,9-13,15-16H2,1-2H3/t21-/m1/s1. The number of hydrogen-bond acceptors (Lipinski definition) is 6. The molecule has 0 aliphatic carbocycles. The molecular weight excluding hydrogens is 370 g/mol. The number of hydrogen-bond donors (Lipinski definition) is 1. The predicted octanol–water partition coefficient (Wildman–Crippen LogP) is 2.38. The highest BCUT2D eigenvalue weighted by Gasteiger charge is 2.27. The van der Waals surface area contributed by atoms with Gasteiger partial charge in [0.1, 0.15) is 11.9 Å². The van der Waals surface area contributed by atoms with Crippen LogP contribution in [0.2, 0.25) is 0 Å². The number of benzene rings is 1. The van der Waals surface area contributed by atoms with Crippen LogP contribution in [0.25, 0.3) is 10.9 Å². The quantitative estimate of drug-likeness (QED) is 0.617. The minimum Gasteiger partial charge on any atom is -0.493 e. The van der Waals surface area contributed by atoms with Gasteiger partial charge in [0.05, 0.1) is 31.0 Å². The molecule has 0 radical (unpaired) electrons. The Labute approximate surface area is 172 Å². The number of amides is 1.